The van der Waals surface area contributed by atoms with Crippen LogP contribution in [0.4, 0.5) is 0 Å². The molecule has 12 heavy (non-hydrogen) atoms. The Kier molecular flexibility index (Phi) is 3.67. The first-order valence-electron chi connectivity index (χ1n) is 4.03. The number of ether oxygens (including phenoxy) is 1. The summed E-state index contributed by atoms with van der Waals surface area (Å²) in [6, 6.07) is 0.834. The normalized spacial score (nSPS) is 22.8. The van der Waals surface area contributed by atoms with Crippen molar-refractivity contribution in [1.82, 2.24) is 0 Å². The second kappa shape index (κ2) is 4.34. The molecule has 0 aliphatic carbocycles. The van der Waals surface area contributed by atoms with Gasteiger partial charge in [-0.2, -0.15) is 0 Å². The summed E-state index contributed by atoms with van der Waals surface area (Å²) in [4.78, 5) is 0. The van der Waals surface area contributed by atoms with Crippen LogP contribution < -0.4 is 0 Å². The van der Waals surface area contributed by atoms with Gasteiger partial charge in [-0.1, -0.05) is 0 Å². The molecule has 1 fully saturated rings. The molecule has 1 saturated heterocycles. The van der Waals surface area contributed by atoms with Crippen LogP contribution in [0.25, 0.3) is 0 Å². The van der Waals surface area contributed by atoms with Crippen molar-refractivity contribution in [2.75, 3.05) is 27.9 Å². The average Bonchev–Trinajstić information content (AvgIpc) is 2.92. The highest BCUT2D eigenvalue weighted by atomic mass is 28.4. The fourth-order valence-corrected chi connectivity index (χ4v) is 2.92. The van der Waals surface area contributed by atoms with E-state index in [2.05, 4.69) is 0 Å². The van der Waals surface area contributed by atoms with E-state index in [1.165, 1.54) is 0 Å². The van der Waals surface area contributed by atoms with Gasteiger partial charge in [0.05, 0.1) is 12.7 Å². The molecule has 5 heteroatoms. The largest absolute Gasteiger partial charge is 0.500 e. The monoisotopic (exact) mass is 192 g/mol. The van der Waals surface area contributed by atoms with Crippen LogP contribution in [0.3, 0.4) is 0 Å². The summed E-state index contributed by atoms with van der Waals surface area (Å²) in [5.41, 5.74) is 0. The topological polar surface area (TPSA) is 40.2 Å². The van der Waals surface area contributed by atoms with Gasteiger partial charge < -0.3 is 18.0 Å². The van der Waals surface area contributed by atoms with Crippen molar-refractivity contribution in [1.29, 1.82) is 0 Å². The molecule has 0 aromatic carbocycles. The lowest BCUT2D eigenvalue weighted by Gasteiger charge is -2.23. The van der Waals surface area contributed by atoms with Gasteiger partial charge in [0.1, 0.15) is 0 Å². The molecule has 0 aromatic rings. The summed E-state index contributed by atoms with van der Waals surface area (Å²) in [6.45, 7) is 0.877. The highest BCUT2D eigenvalue weighted by molar-refractivity contribution is 6.60. The Morgan fingerprint density at radius 2 is 1.75 bits per heavy atom. The molecule has 0 spiro atoms. The summed E-state index contributed by atoms with van der Waals surface area (Å²) >= 11 is 0. The molecular weight excluding hydrogens is 176 g/mol. The molecule has 0 N–H and O–H groups in total. The van der Waals surface area contributed by atoms with Crippen molar-refractivity contribution in [2.45, 2.75) is 18.6 Å². The van der Waals surface area contributed by atoms with E-state index in [0.717, 1.165) is 19.1 Å². The molecule has 0 bridgehead atoms. The number of rotatable bonds is 6. The Morgan fingerprint density at radius 1 is 1.25 bits per heavy atom. The van der Waals surface area contributed by atoms with Crippen LogP contribution >= 0.6 is 0 Å². The van der Waals surface area contributed by atoms with E-state index in [0.29, 0.717) is 6.10 Å². The highest BCUT2D eigenvalue weighted by Gasteiger charge is 2.39. The van der Waals surface area contributed by atoms with Gasteiger partial charge in [0.15, 0.2) is 0 Å². The summed E-state index contributed by atoms with van der Waals surface area (Å²) in [6.07, 6.45) is 1.39. The van der Waals surface area contributed by atoms with Crippen LogP contribution in [0, 0.1) is 0 Å². The lowest BCUT2D eigenvalue weighted by atomic mass is 10.4. The molecule has 72 valence electrons. The van der Waals surface area contributed by atoms with Crippen LogP contribution in [-0.2, 0) is 18.0 Å². The van der Waals surface area contributed by atoms with Crippen LogP contribution in [-0.4, -0.2) is 42.8 Å². The zero-order chi connectivity index (χ0) is 9.03. The minimum Gasteiger partial charge on any atom is -0.377 e. The summed E-state index contributed by atoms with van der Waals surface area (Å²) in [5.74, 6) is 0. The molecule has 0 aromatic heterocycles. The molecule has 1 aliphatic heterocycles. The first-order valence-corrected chi connectivity index (χ1v) is 5.96. The van der Waals surface area contributed by atoms with E-state index in [9.17, 15) is 0 Å². The third-order valence-corrected chi connectivity index (χ3v) is 4.87. The van der Waals surface area contributed by atoms with Gasteiger partial charge in [-0.25, -0.2) is 0 Å². The maximum Gasteiger partial charge on any atom is 0.500 e. The zero-order valence-electron chi connectivity index (χ0n) is 7.83. The van der Waals surface area contributed by atoms with Crippen molar-refractivity contribution < 1.29 is 18.0 Å². The molecule has 1 unspecified atom stereocenters. The van der Waals surface area contributed by atoms with E-state index < -0.39 is 8.80 Å². The fraction of sp³-hybridized carbons (Fsp3) is 1.00. The van der Waals surface area contributed by atoms with E-state index in [-0.39, 0.29) is 0 Å². The molecule has 0 amide bonds. The van der Waals surface area contributed by atoms with Gasteiger partial charge in [0, 0.05) is 27.4 Å². The molecule has 0 radical (unpaired) electrons. The maximum atomic E-state index is 5.25. The van der Waals surface area contributed by atoms with Gasteiger partial charge in [0.25, 0.3) is 0 Å². The van der Waals surface area contributed by atoms with Crippen molar-refractivity contribution in [3.63, 3.8) is 0 Å². The Hall–Kier alpha value is 0.0569. The molecule has 1 aliphatic rings. The van der Waals surface area contributed by atoms with Crippen LogP contribution in [0.2, 0.25) is 6.04 Å². The molecule has 1 heterocycles. The Balaban J connectivity index is 2.28. The third-order valence-electron chi connectivity index (χ3n) is 2.11. The van der Waals surface area contributed by atoms with Gasteiger partial charge in [-0.15, -0.1) is 0 Å². The standard InChI is InChI=1S/C7H16O4Si/c1-8-12(9-2,10-3)5-4-7-6-11-7/h7H,4-6H2,1-3H3. The number of epoxide rings is 1. The van der Waals surface area contributed by atoms with Crippen molar-refractivity contribution in [2.24, 2.45) is 0 Å². The van der Waals surface area contributed by atoms with Gasteiger partial charge in [-0.3, -0.25) is 0 Å². The lowest BCUT2D eigenvalue weighted by molar-refractivity contribution is 0.122. The summed E-state index contributed by atoms with van der Waals surface area (Å²) in [7, 11) is 2.58. The van der Waals surface area contributed by atoms with Crippen molar-refractivity contribution in [3.8, 4) is 0 Å². The highest BCUT2D eigenvalue weighted by Crippen LogP contribution is 2.22. The van der Waals surface area contributed by atoms with Gasteiger partial charge >= 0.3 is 8.80 Å². The quantitative estimate of drug-likeness (QED) is 0.458. The lowest BCUT2D eigenvalue weighted by Crippen LogP contribution is -2.42. The Labute approximate surface area is 74.1 Å². The summed E-state index contributed by atoms with van der Waals surface area (Å²) in [5, 5.41) is 0. The van der Waals surface area contributed by atoms with E-state index >= 15 is 0 Å². The Morgan fingerprint density at radius 3 is 2.08 bits per heavy atom. The SMILES string of the molecule is CO[Si](CCC1CO1)(OC)OC. The Bertz CT molecular complexity index is 125. The average molecular weight is 192 g/mol. The zero-order valence-corrected chi connectivity index (χ0v) is 8.83. The molecule has 4 nitrogen and oxygen atoms in total. The first-order chi connectivity index (χ1) is 5.76. The number of hydrogen-bond acceptors (Lipinski definition) is 4. The minimum atomic E-state index is -2.32. The van der Waals surface area contributed by atoms with Gasteiger partial charge in [-0.05, 0) is 6.42 Å². The molecule has 0 saturated carbocycles. The van der Waals surface area contributed by atoms with E-state index in [1.807, 2.05) is 0 Å². The second-order valence-corrected chi connectivity index (χ2v) is 5.88. The third kappa shape index (κ3) is 2.53. The minimum absolute atomic E-state index is 0.414. The fourth-order valence-electron chi connectivity index (χ4n) is 1.13. The van der Waals surface area contributed by atoms with Crippen LogP contribution in [0.1, 0.15) is 6.42 Å². The van der Waals surface area contributed by atoms with Crippen molar-refractivity contribution in [3.05, 3.63) is 0 Å². The van der Waals surface area contributed by atoms with Crippen molar-refractivity contribution >= 4 is 8.80 Å². The molecule has 1 rings (SSSR count). The maximum absolute atomic E-state index is 5.25. The molecule has 1 atom stereocenters. The van der Waals surface area contributed by atoms with E-state index in [4.69, 9.17) is 18.0 Å². The van der Waals surface area contributed by atoms with Gasteiger partial charge in [0.2, 0.25) is 0 Å². The molecular formula is C7H16O4Si. The summed E-state index contributed by atoms with van der Waals surface area (Å²) < 4.78 is 20.9. The predicted octanol–water partition coefficient (Wildman–Crippen LogP) is 0.653. The van der Waals surface area contributed by atoms with E-state index in [1.54, 1.807) is 21.3 Å². The second-order valence-electron chi connectivity index (χ2n) is 2.79. The van der Waals surface area contributed by atoms with Crippen LogP contribution in [0.5, 0.6) is 0 Å². The van der Waals surface area contributed by atoms with Crippen LogP contribution in [0.15, 0.2) is 0 Å². The first kappa shape index (κ1) is 10.1. The predicted molar refractivity (Wildman–Crippen MR) is 45.9 cm³/mol. The number of hydrogen-bond donors (Lipinski definition) is 0. The smallest absolute Gasteiger partial charge is 0.377 e.